The van der Waals surface area contributed by atoms with Gasteiger partial charge in [0.05, 0.1) is 37.3 Å². The number of hydrogen-bond donors (Lipinski definition) is 1. The molecule has 0 aliphatic heterocycles. The second-order valence-corrected chi connectivity index (χ2v) is 12.1. The first-order valence-electron chi connectivity index (χ1n) is 12.8. The van der Waals surface area contributed by atoms with Crippen LogP contribution in [-0.2, 0) is 30.0 Å². The monoisotopic (exact) mass is 594 g/mol. The van der Waals surface area contributed by atoms with Crippen LogP contribution in [0.4, 0.5) is 29.7 Å². The van der Waals surface area contributed by atoms with Crippen molar-refractivity contribution in [1.29, 1.82) is 0 Å². The SMILES string of the molecule is CCOC(=O)C[C@@H](C)c1ccc(N(CCCCCOS(C)(=O)=O)CC(C)C)c(Nc2nc(C(F)(F)F)ns2)c1. The van der Waals surface area contributed by atoms with E-state index in [4.69, 9.17) is 8.92 Å². The molecule has 0 bridgehead atoms. The molecule has 2 rings (SSSR count). The van der Waals surface area contributed by atoms with Crippen LogP contribution < -0.4 is 10.2 Å². The van der Waals surface area contributed by atoms with E-state index < -0.39 is 22.1 Å². The summed E-state index contributed by atoms with van der Waals surface area (Å²) in [7, 11) is -3.48. The Bertz CT molecular complexity index is 1170. The number of esters is 1. The minimum Gasteiger partial charge on any atom is -0.466 e. The number of nitrogens with zero attached hydrogens (tertiary/aromatic N) is 3. The van der Waals surface area contributed by atoms with Crippen LogP contribution in [0.3, 0.4) is 0 Å². The molecule has 2 aromatic rings. The molecule has 0 radical (unpaired) electrons. The van der Waals surface area contributed by atoms with Gasteiger partial charge in [0.15, 0.2) is 0 Å². The van der Waals surface area contributed by atoms with E-state index >= 15 is 0 Å². The summed E-state index contributed by atoms with van der Waals surface area (Å²) in [5, 5.41) is 3.02. The minimum atomic E-state index is -4.65. The lowest BCUT2D eigenvalue weighted by Crippen LogP contribution is -2.29. The van der Waals surface area contributed by atoms with Gasteiger partial charge in [-0.15, -0.1) is 0 Å². The average molecular weight is 595 g/mol. The van der Waals surface area contributed by atoms with Gasteiger partial charge in [0.2, 0.25) is 11.0 Å². The lowest BCUT2D eigenvalue weighted by Gasteiger charge is -2.29. The third kappa shape index (κ3) is 11.7. The van der Waals surface area contributed by atoms with Crippen molar-refractivity contribution in [3.63, 3.8) is 0 Å². The molecule has 0 aliphatic carbocycles. The molecular weight excluding hydrogens is 557 g/mol. The van der Waals surface area contributed by atoms with Crippen LogP contribution in [0, 0.1) is 5.92 Å². The number of carbonyl (C=O) groups is 1. The quantitative estimate of drug-likeness (QED) is 0.143. The molecule has 0 saturated carbocycles. The molecular formula is C25H37F3N4O5S2. The van der Waals surface area contributed by atoms with Crippen molar-refractivity contribution in [2.75, 3.05) is 42.8 Å². The van der Waals surface area contributed by atoms with Gasteiger partial charge in [0.25, 0.3) is 10.1 Å². The molecule has 0 amide bonds. The molecule has 1 heterocycles. The van der Waals surface area contributed by atoms with Gasteiger partial charge >= 0.3 is 12.1 Å². The van der Waals surface area contributed by atoms with E-state index in [2.05, 4.69) is 33.4 Å². The van der Waals surface area contributed by atoms with Crippen LogP contribution in [0.15, 0.2) is 18.2 Å². The maximum absolute atomic E-state index is 13.1. The molecule has 0 saturated heterocycles. The van der Waals surface area contributed by atoms with Crippen molar-refractivity contribution in [2.24, 2.45) is 5.92 Å². The van der Waals surface area contributed by atoms with Crippen LogP contribution >= 0.6 is 11.5 Å². The van der Waals surface area contributed by atoms with Crippen LogP contribution in [0.5, 0.6) is 0 Å². The van der Waals surface area contributed by atoms with Crippen LogP contribution in [-0.4, -0.2) is 56.3 Å². The van der Waals surface area contributed by atoms with E-state index in [1.54, 1.807) is 6.92 Å². The summed E-state index contributed by atoms with van der Waals surface area (Å²) >= 11 is 0.618. The van der Waals surface area contributed by atoms with E-state index in [-0.39, 0.29) is 42.6 Å². The van der Waals surface area contributed by atoms with Crippen molar-refractivity contribution in [3.8, 4) is 0 Å². The number of anilines is 3. The normalized spacial score (nSPS) is 12.9. The van der Waals surface area contributed by atoms with E-state index in [0.717, 1.165) is 30.3 Å². The summed E-state index contributed by atoms with van der Waals surface area (Å²) in [4.78, 5) is 17.8. The minimum absolute atomic E-state index is 0.00110. The van der Waals surface area contributed by atoms with Crippen LogP contribution in [0.25, 0.3) is 0 Å². The molecule has 1 N–H and O–H groups in total. The largest absolute Gasteiger partial charge is 0.466 e. The van der Waals surface area contributed by atoms with E-state index in [9.17, 15) is 26.4 Å². The molecule has 9 nitrogen and oxygen atoms in total. The Morgan fingerprint density at radius 2 is 1.90 bits per heavy atom. The molecule has 1 aromatic heterocycles. The second-order valence-electron chi connectivity index (χ2n) is 9.66. The van der Waals surface area contributed by atoms with E-state index in [1.165, 1.54) is 0 Å². The van der Waals surface area contributed by atoms with Gasteiger partial charge in [-0.25, -0.2) is 0 Å². The van der Waals surface area contributed by atoms with Gasteiger partial charge in [-0.1, -0.05) is 26.8 Å². The maximum atomic E-state index is 13.1. The first-order valence-corrected chi connectivity index (χ1v) is 15.4. The summed E-state index contributed by atoms with van der Waals surface area (Å²) < 4.78 is 74.9. The highest BCUT2D eigenvalue weighted by atomic mass is 32.2. The fraction of sp³-hybridized carbons (Fsp3) is 0.640. The standard InChI is InChI=1S/C25H37F3N4O5S2/c1-6-36-22(33)14-18(4)19-10-11-21(20(15-19)29-24-30-23(31-38-24)25(26,27)28)32(16-17(2)3)12-8-7-9-13-37-39(5,34)35/h10-11,15,17-18H,6-9,12-14,16H2,1-5H3,(H,29,30,31)/t18-/m1/s1. The molecule has 1 aromatic carbocycles. The molecule has 220 valence electrons. The van der Waals surface area contributed by atoms with Gasteiger partial charge in [-0.3, -0.25) is 8.98 Å². The van der Waals surface area contributed by atoms with Crippen LogP contribution in [0.2, 0.25) is 0 Å². The smallest absolute Gasteiger partial charge is 0.452 e. The topological polar surface area (TPSA) is 111 Å². The summed E-state index contributed by atoms with van der Waals surface area (Å²) in [5.41, 5.74) is 2.14. The average Bonchev–Trinajstić information content (AvgIpc) is 3.29. The summed E-state index contributed by atoms with van der Waals surface area (Å²) in [5.74, 6) is -1.44. The molecule has 0 unspecified atom stereocenters. The molecule has 0 fully saturated rings. The van der Waals surface area contributed by atoms with Gasteiger partial charge in [0, 0.05) is 24.6 Å². The Labute approximate surface area is 232 Å². The van der Waals surface area contributed by atoms with Gasteiger partial charge in [-0.05, 0) is 55.7 Å². The lowest BCUT2D eigenvalue weighted by atomic mass is 9.96. The third-order valence-corrected chi connectivity index (χ3v) is 6.81. The number of alkyl halides is 3. The Hall–Kier alpha value is -2.45. The third-order valence-electron chi connectivity index (χ3n) is 5.59. The highest BCUT2D eigenvalue weighted by Gasteiger charge is 2.36. The predicted molar refractivity (Wildman–Crippen MR) is 146 cm³/mol. The fourth-order valence-electron chi connectivity index (χ4n) is 3.87. The predicted octanol–water partition coefficient (Wildman–Crippen LogP) is 5.97. The first-order chi connectivity index (χ1) is 18.2. The van der Waals surface area contributed by atoms with Gasteiger partial charge in [0.1, 0.15) is 0 Å². The number of unbranched alkanes of at least 4 members (excludes halogenated alkanes) is 2. The molecule has 39 heavy (non-hydrogen) atoms. The van der Waals surface area contributed by atoms with Crippen molar-refractivity contribution in [1.82, 2.24) is 9.36 Å². The Morgan fingerprint density at radius 1 is 1.18 bits per heavy atom. The summed E-state index contributed by atoms with van der Waals surface area (Å²) in [6.07, 6.45) is -1.43. The maximum Gasteiger partial charge on any atom is 0.452 e. The number of hydrogen-bond acceptors (Lipinski definition) is 10. The highest BCUT2D eigenvalue weighted by Crippen LogP contribution is 2.36. The number of nitrogens with one attached hydrogen (secondary N) is 1. The number of carbonyl (C=O) groups excluding carboxylic acids is 1. The fourth-order valence-corrected chi connectivity index (χ4v) is 4.89. The zero-order valence-electron chi connectivity index (χ0n) is 22.9. The first kappa shape index (κ1) is 32.8. The summed E-state index contributed by atoms with van der Waals surface area (Å²) in [6.45, 7) is 9.45. The molecule has 14 heteroatoms. The molecule has 0 spiro atoms. The lowest BCUT2D eigenvalue weighted by molar-refractivity contribution is -0.144. The Morgan fingerprint density at radius 3 is 2.49 bits per heavy atom. The zero-order chi connectivity index (χ0) is 29.2. The van der Waals surface area contributed by atoms with Crippen molar-refractivity contribution in [3.05, 3.63) is 29.6 Å². The zero-order valence-corrected chi connectivity index (χ0v) is 24.5. The van der Waals surface area contributed by atoms with Crippen molar-refractivity contribution in [2.45, 2.75) is 65.5 Å². The Balaban J connectivity index is 2.31. The molecule has 1 atom stereocenters. The number of aromatic nitrogens is 2. The van der Waals surface area contributed by atoms with Crippen LogP contribution in [0.1, 0.15) is 70.7 Å². The number of rotatable bonds is 16. The van der Waals surface area contributed by atoms with Crippen molar-refractivity contribution >= 4 is 44.1 Å². The number of halogens is 3. The summed E-state index contributed by atoms with van der Waals surface area (Å²) in [6, 6.07) is 5.61. The van der Waals surface area contributed by atoms with Gasteiger partial charge in [-0.2, -0.15) is 30.9 Å². The van der Waals surface area contributed by atoms with Gasteiger partial charge < -0.3 is 15.0 Å². The van der Waals surface area contributed by atoms with E-state index in [1.807, 2.05) is 25.1 Å². The number of benzene rings is 1. The van der Waals surface area contributed by atoms with E-state index in [0.29, 0.717) is 36.7 Å². The van der Waals surface area contributed by atoms with Crippen molar-refractivity contribution < 1.29 is 35.3 Å². The Kier molecular flexibility index (Phi) is 12.4. The second kappa shape index (κ2) is 14.8. The highest BCUT2D eigenvalue weighted by molar-refractivity contribution is 7.85. The molecule has 0 aliphatic rings. The number of ether oxygens (including phenoxy) is 1.